The molecule has 0 saturated heterocycles. The molecule has 0 fully saturated rings. The number of hydrogen-bond acceptors (Lipinski definition) is 5. The van der Waals surface area contributed by atoms with Crippen molar-refractivity contribution in [1.29, 1.82) is 0 Å². The summed E-state index contributed by atoms with van der Waals surface area (Å²) in [4.78, 5) is 58.7. The molecule has 0 aromatic heterocycles. The van der Waals surface area contributed by atoms with Crippen LogP contribution in [-0.2, 0) is 30.4 Å². The van der Waals surface area contributed by atoms with Crippen LogP contribution >= 0.6 is 0 Å². The molecule has 186 valence electrons. The van der Waals surface area contributed by atoms with Gasteiger partial charge < -0.3 is 27.2 Å². The molecular formula is C25H30N4O6. The first-order valence-electron chi connectivity index (χ1n) is 11.2. The molecule has 2 atom stereocenters. The first-order chi connectivity index (χ1) is 16.7. The summed E-state index contributed by atoms with van der Waals surface area (Å²) in [6.07, 6.45) is -0.348. The van der Waals surface area contributed by atoms with Crippen LogP contribution in [-0.4, -0.2) is 46.8 Å². The van der Waals surface area contributed by atoms with Crippen molar-refractivity contribution in [3.05, 3.63) is 60.2 Å². The van der Waals surface area contributed by atoms with Gasteiger partial charge in [0.05, 0.1) is 0 Å². The minimum Gasteiger partial charge on any atom is -0.481 e. The average molecular weight is 483 g/mol. The Bertz CT molecular complexity index is 1040. The Morgan fingerprint density at radius 1 is 0.743 bits per heavy atom. The number of rotatable bonds is 14. The van der Waals surface area contributed by atoms with E-state index < -0.39 is 41.7 Å². The van der Waals surface area contributed by atoms with Gasteiger partial charge in [-0.05, 0) is 36.0 Å². The predicted molar refractivity (Wildman–Crippen MR) is 129 cm³/mol. The number of carbonyl (C=O) groups is 5. The first-order valence-corrected chi connectivity index (χ1v) is 11.2. The second-order valence-electron chi connectivity index (χ2n) is 8.08. The van der Waals surface area contributed by atoms with Crippen LogP contribution in [0.2, 0.25) is 0 Å². The average Bonchev–Trinajstić information content (AvgIpc) is 2.83. The zero-order valence-corrected chi connectivity index (χ0v) is 19.2. The molecule has 0 saturated carbocycles. The number of carboxylic acid groups (broad SMARTS) is 1. The van der Waals surface area contributed by atoms with E-state index in [0.717, 1.165) is 16.7 Å². The molecule has 0 heterocycles. The zero-order valence-electron chi connectivity index (χ0n) is 19.2. The number of carbonyl (C=O) groups excluding carboxylic acids is 4. The molecule has 0 radical (unpaired) electrons. The summed E-state index contributed by atoms with van der Waals surface area (Å²) in [5, 5.41) is 13.9. The summed E-state index contributed by atoms with van der Waals surface area (Å²) in [7, 11) is 0. The zero-order chi connectivity index (χ0) is 25.8. The van der Waals surface area contributed by atoms with E-state index in [4.69, 9.17) is 16.6 Å². The first kappa shape index (κ1) is 27.0. The maximum atomic E-state index is 12.7. The van der Waals surface area contributed by atoms with Crippen molar-refractivity contribution >= 4 is 29.6 Å². The number of nitrogens with one attached hydrogen (secondary N) is 2. The van der Waals surface area contributed by atoms with Crippen LogP contribution in [0.25, 0.3) is 11.1 Å². The standard InChI is InChI=1S/C25H30N4O6/c26-21(30)13-11-19(24(27)34)29-25(35)20(12-15-23(32)33)28-22(31)14-8-16-6-9-18(10-7-16)17-4-2-1-3-5-17/h1-7,9-10,19-20H,8,11-15H2,(H2,26,30)(H2,27,34)(H,28,31)(H,29,35)(H,32,33). The quantitative estimate of drug-likeness (QED) is 0.266. The van der Waals surface area contributed by atoms with Gasteiger partial charge in [-0.15, -0.1) is 0 Å². The maximum absolute atomic E-state index is 12.7. The van der Waals surface area contributed by atoms with Gasteiger partial charge in [0.2, 0.25) is 23.6 Å². The molecule has 2 aromatic carbocycles. The molecule has 0 aliphatic heterocycles. The number of aliphatic carboxylic acids is 1. The van der Waals surface area contributed by atoms with E-state index in [0.29, 0.717) is 6.42 Å². The summed E-state index contributed by atoms with van der Waals surface area (Å²) in [5.74, 6) is -3.90. The highest BCUT2D eigenvalue weighted by Crippen LogP contribution is 2.19. The predicted octanol–water partition coefficient (Wildman–Crippen LogP) is 0.871. The summed E-state index contributed by atoms with van der Waals surface area (Å²) < 4.78 is 0. The lowest BCUT2D eigenvalue weighted by Crippen LogP contribution is -2.53. The number of aryl methyl sites for hydroxylation is 1. The van der Waals surface area contributed by atoms with Crippen LogP contribution in [0.4, 0.5) is 0 Å². The molecule has 2 unspecified atom stereocenters. The molecule has 10 nitrogen and oxygen atoms in total. The molecule has 2 aromatic rings. The van der Waals surface area contributed by atoms with Crippen LogP contribution in [0, 0.1) is 0 Å². The fourth-order valence-corrected chi connectivity index (χ4v) is 3.40. The Morgan fingerprint density at radius 2 is 1.34 bits per heavy atom. The Hall–Kier alpha value is -4.21. The maximum Gasteiger partial charge on any atom is 0.303 e. The van der Waals surface area contributed by atoms with Crippen molar-refractivity contribution in [2.45, 2.75) is 50.6 Å². The Balaban J connectivity index is 1.96. The number of amides is 4. The summed E-state index contributed by atoms with van der Waals surface area (Å²) in [6, 6.07) is 15.2. The largest absolute Gasteiger partial charge is 0.481 e. The number of benzene rings is 2. The smallest absolute Gasteiger partial charge is 0.303 e. The molecule has 0 aliphatic carbocycles. The van der Waals surface area contributed by atoms with E-state index in [1.165, 1.54) is 0 Å². The van der Waals surface area contributed by atoms with Crippen LogP contribution in [0.1, 0.15) is 37.7 Å². The van der Waals surface area contributed by atoms with Gasteiger partial charge in [0.25, 0.3) is 0 Å². The van der Waals surface area contributed by atoms with E-state index in [1.807, 2.05) is 54.6 Å². The van der Waals surface area contributed by atoms with Crippen molar-refractivity contribution in [3.8, 4) is 11.1 Å². The third kappa shape index (κ3) is 9.66. The van der Waals surface area contributed by atoms with Crippen molar-refractivity contribution in [2.24, 2.45) is 11.5 Å². The SMILES string of the molecule is NC(=O)CCC(NC(=O)C(CCC(=O)O)NC(=O)CCc1ccc(-c2ccccc2)cc1)C(N)=O. The van der Waals surface area contributed by atoms with E-state index in [-0.39, 0.29) is 32.1 Å². The van der Waals surface area contributed by atoms with Crippen molar-refractivity contribution in [3.63, 3.8) is 0 Å². The Morgan fingerprint density at radius 3 is 1.91 bits per heavy atom. The van der Waals surface area contributed by atoms with Crippen LogP contribution in [0.5, 0.6) is 0 Å². The lowest BCUT2D eigenvalue weighted by molar-refractivity contribution is -0.138. The van der Waals surface area contributed by atoms with E-state index in [2.05, 4.69) is 10.6 Å². The molecular weight excluding hydrogens is 452 g/mol. The fraction of sp³-hybridized carbons (Fsp3) is 0.320. The second kappa shape index (κ2) is 13.5. The van der Waals surface area contributed by atoms with Gasteiger partial charge in [0.15, 0.2) is 0 Å². The van der Waals surface area contributed by atoms with Gasteiger partial charge >= 0.3 is 5.97 Å². The molecule has 2 rings (SSSR count). The lowest BCUT2D eigenvalue weighted by atomic mass is 10.0. The third-order valence-electron chi connectivity index (χ3n) is 5.34. The highest BCUT2D eigenvalue weighted by Gasteiger charge is 2.26. The monoisotopic (exact) mass is 482 g/mol. The molecule has 0 aliphatic rings. The summed E-state index contributed by atoms with van der Waals surface area (Å²) >= 11 is 0. The summed E-state index contributed by atoms with van der Waals surface area (Å²) in [6.45, 7) is 0. The van der Waals surface area contributed by atoms with Crippen molar-refractivity contribution < 1.29 is 29.1 Å². The highest BCUT2D eigenvalue weighted by molar-refractivity contribution is 5.92. The highest BCUT2D eigenvalue weighted by atomic mass is 16.4. The normalized spacial score (nSPS) is 12.2. The summed E-state index contributed by atoms with van der Waals surface area (Å²) in [5.41, 5.74) is 13.4. The molecule has 4 amide bonds. The van der Waals surface area contributed by atoms with E-state index in [9.17, 15) is 24.0 Å². The Labute approximate surface area is 203 Å². The van der Waals surface area contributed by atoms with Gasteiger partial charge in [-0.3, -0.25) is 24.0 Å². The minimum absolute atomic E-state index is 0.0719. The second-order valence-corrected chi connectivity index (χ2v) is 8.08. The van der Waals surface area contributed by atoms with Crippen molar-refractivity contribution in [1.82, 2.24) is 10.6 Å². The van der Waals surface area contributed by atoms with Gasteiger partial charge in [-0.25, -0.2) is 0 Å². The van der Waals surface area contributed by atoms with Crippen LogP contribution in [0.3, 0.4) is 0 Å². The van der Waals surface area contributed by atoms with Gasteiger partial charge in [0, 0.05) is 19.3 Å². The van der Waals surface area contributed by atoms with Crippen molar-refractivity contribution in [2.75, 3.05) is 0 Å². The fourth-order valence-electron chi connectivity index (χ4n) is 3.40. The molecule has 35 heavy (non-hydrogen) atoms. The molecule has 0 bridgehead atoms. The van der Waals surface area contributed by atoms with Crippen LogP contribution < -0.4 is 22.1 Å². The van der Waals surface area contributed by atoms with Gasteiger partial charge in [-0.2, -0.15) is 0 Å². The third-order valence-corrected chi connectivity index (χ3v) is 5.34. The number of primary amides is 2. The van der Waals surface area contributed by atoms with E-state index >= 15 is 0 Å². The number of nitrogens with two attached hydrogens (primary N) is 2. The number of hydrogen-bond donors (Lipinski definition) is 5. The van der Waals surface area contributed by atoms with Gasteiger partial charge in [-0.1, -0.05) is 54.6 Å². The molecule has 7 N–H and O–H groups in total. The minimum atomic E-state index is -1.19. The lowest BCUT2D eigenvalue weighted by Gasteiger charge is -2.21. The van der Waals surface area contributed by atoms with Gasteiger partial charge in [0.1, 0.15) is 12.1 Å². The number of carboxylic acids is 1. The topological polar surface area (TPSA) is 182 Å². The molecule has 0 spiro atoms. The Kier molecular flexibility index (Phi) is 10.4. The molecule has 10 heteroatoms. The van der Waals surface area contributed by atoms with E-state index in [1.54, 1.807) is 0 Å². The van der Waals surface area contributed by atoms with Crippen LogP contribution in [0.15, 0.2) is 54.6 Å².